The Morgan fingerprint density at radius 2 is 2.19 bits per heavy atom. The number of azide groups is 1. The third kappa shape index (κ3) is 2.99. The first kappa shape index (κ1) is 18.8. The third-order valence-electron chi connectivity index (χ3n) is 5.33. The molecule has 9 heteroatoms. The fraction of sp³-hybridized carbons (Fsp3) is 0.529. The maximum atomic E-state index is 14.7. The molecular weight excluding hydrogens is 410 g/mol. The lowest BCUT2D eigenvalue weighted by atomic mass is 9.61. The van der Waals surface area contributed by atoms with E-state index in [1.54, 1.807) is 37.4 Å². The first-order chi connectivity index (χ1) is 12.2. The van der Waals surface area contributed by atoms with Gasteiger partial charge in [0.2, 0.25) is 0 Å². The lowest BCUT2D eigenvalue weighted by Gasteiger charge is -2.45. The lowest BCUT2D eigenvalue weighted by Crippen LogP contribution is -2.56. The summed E-state index contributed by atoms with van der Waals surface area (Å²) < 4.78 is 35.4. The maximum absolute atomic E-state index is 14.7. The highest BCUT2D eigenvalue weighted by atomic mass is 79.9. The largest absolute Gasteiger partial charge is 0.462 e. The number of carbonyl (C=O) groups excluding carboxylic acids is 1. The Bertz CT molecular complexity index is 794. The molecule has 0 bridgehead atoms. The van der Waals surface area contributed by atoms with Crippen molar-refractivity contribution in [1.82, 2.24) is 4.98 Å². The summed E-state index contributed by atoms with van der Waals surface area (Å²) in [4.78, 5) is 19.2. The van der Waals surface area contributed by atoms with Gasteiger partial charge in [-0.3, -0.25) is 9.78 Å². The summed E-state index contributed by atoms with van der Waals surface area (Å²) in [5, 5.41) is 3.53. The smallest absolute Gasteiger partial charge is 0.319 e. The quantitative estimate of drug-likeness (QED) is 0.302. The van der Waals surface area contributed by atoms with Crippen molar-refractivity contribution in [2.75, 3.05) is 0 Å². The molecule has 1 aliphatic heterocycles. The third-order valence-corrected chi connectivity index (χ3v) is 5.80. The Labute approximate surface area is 157 Å². The van der Waals surface area contributed by atoms with Crippen LogP contribution < -0.4 is 0 Å². The average molecular weight is 427 g/mol. The Morgan fingerprint density at radius 3 is 2.81 bits per heavy atom. The number of nitrogens with zero attached hydrogens (tertiary/aromatic N) is 4. The molecule has 2 aliphatic rings. The summed E-state index contributed by atoms with van der Waals surface area (Å²) in [5.74, 6) is -6.46. The standard InChI is InChI=1S/C17H17BrF2N4O2/c1-9-13(6-5-12-4-3-11(18)7-22-12)14-10(2)26-15(25)16(14,23-24-21)8-17(9,19)20/h3-7,9-10,13-14H,8H2,1-2H3/t9-,10+,13-,14-,16-/m0/s1. The zero-order valence-corrected chi connectivity index (χ0v) is 15.7. The van der Waals surface area contributed by atoms with Crippen LogP contribution in [0.4, 0.5) is 8.78 Å². The molecule has 0 spiro atoms. The first-order valence-corrected chi connectivity index (χ1v) is 8.95. The average Bonchev–Trinajstić information content (AvgIpc) is 2.80. The van der Waals surface area contributed by atoms with Crippen molar-refractivity contribution in [2.24, 2.45) is 22.9 Å². The van der Waals surface area contributed by atoms with E-state index in [-0.39, 0.29) is 0 Å². The summed E-state index contributed by atoms with van der Waals surface area (Å²) in [6.45, 7) is 3.09. The van der Waals surface area contributed by atoms with Crippen molar-refractivity contribution in [3.63, 3.8) is 0 Å². The zero-order valence-electron chi connectivity index (χ0n) is 14.1. The van der Waals surface area contributed by atoms with Crippen LogP contribution in [0.1, 0.15) is 26.0 Å². The number of allylic oxidation sites excluding steroid dienone is 1. The topological polar surface area (TPSA) is 88.0 Å². The summed E-state index contributed by atoms with van der Waals surface area (Å²) in [7, 11) is 0. The van der Waals surface area contributed by atoms with Gasteiger partial charge in [0.15, 0.2) is 5.54 Å². The van der Waals surface area contributed by atoms with Gasteiger partial charge in [-0.1, -0.05) is 18.1 Å². The molecule has 0 aromatic carbocycles. The normalized spacial score (nSPS) is 35.7. The minimum Gasteiger partial charge on any atom is -0.462 e. The van der Waals surface area contributed by atoms with E-state index in [9.17, 15) is 13.6 Å². The number of halogens is 3. The van der Waals surface area contributed by atoms with Crippen molar-refractivity contribution in [1.29, 1.82) is 0 Å². The van der Waals surface area contributed by atoms with Crippen molar-refractivity contribution < 1.29 is 18.3 Å². The molecule has 0 unspecified atom stereocenters. The molecule has 2 heterocycles. The molecule has 1 aliphatic carbocycles. The van der Waals surface area contributed by atoms with Crippen LogP contribution in [-0.2, 0) is 9.53 Å². The SMILES string of the molecule is C[C@H]1OC(=O)[C@]2(N=[N+]=[N-])CC(F)(F)[C@@H](C)[C@H](C=Cc3ccc(Br)cn3)[C@H]12. The molecule has 0 radical (unpaired) electrons. The van der Waals surface area contributed by atoms with Gasteiger partial charge in [-0.2, -0.15) is 0 Å². The molecule has 138 valence electrons. The minimum atomic E-state index is -3.17. The van der Waals surface area contributed by atoms with Crippen molar-refractivity contribution >= 4 is 28.0 Å². The second kappa shape index (κ2) is 6.63. The molecule has 1 saturated carbocycles. The minimum absolute atomic E-state index is 0.599. The number of hydrogen-bond donors (Lipinski definition) is 0. The van der Waals surface area contributed by atoms with Crippen LogP contribution in [0, 0.1) is 17.8 Å². The number of carbonyl (C=O) groups is 1. The van der Waals surface area contributed by atoms with Crippen LogP contribution in [0.3, 0.4) is 0 Å². The molecule has 1 aromatic rings. The lowest BCUT2D eigenvalue weighted by molar-refractivity contribution is -0.155. The van der Waals surface area contributed by atoms with E-state index in [4.69, 9.17) is 10.3 Å². The molecular formula is C17H17BrF2N4O2. The number of hydrogen-bond acceptors (Lipinski definition) is 4. The Kier molecular flexibility index (Phi) is 4.79. The molecule has 6 nitrogen and oxygen atoms in total. The van der Waals surface area contributed by atoms with Crippen molar-refractivity contribution in [3.05, 3.63) is 45.0 Å². The second-order valence-electron chi connectivity index (χ2n) is 6.81. The van der Waals surface area contributed by atoms with Crippen molar-refractivity contribution in [3.8, 4) is 0 Å². The van der Waals surface area contributed by atoms with Gasteiger partial charge >= 0.3 is 5.97 Å². The highest BCUT2D eigenvalue weighted by Crippen LogP contribution is 2.56. The van der Waals surface area contributed by atoms with Crippen LogP contribution in [-0.4, -0.2) is 28.5 Å². The predicted molar refractivity (Wildman–Crippen MR) is 94.1 cm³/mol. The van der Waals surface area contributed by atoms with E-state index in [1.807, 2.05) is 0 Å². The highest BCUT2D eigenvalue weighted by Gasteiger charge is 2.68. The van der Waals surface area contributed by atoms with Crippen LogP contribution >= 0.6 is 15.9 Å². The Hall–Kier alpha value is -1.99. The van der Waals surface area contributed by atoms with Crippen molar-refractivity contribution in [2.45, 2.75) is 37.8 Å². The van der Waals surface area contributed by atoms with E-state index >= 15 is 0 Å². The molecule has 1 aromatic heterocycles. The monoisotopic (exact) mass is 426 g/mol. The molecule has 2 fully saturated rings. The van der Waals surface area contributed by atoms with Crippen LogP contribution in [0.25, 0.3) is 16.5 Å². The number of pyridine rings is 1. The van der Waals surface area contributed by atoms with E-state index in [0.717, 1.165) is 4.47 Å². The van der Waals surface area contributed by atoms with E-state index in [1.165, 1.54) is 6.92 Å². The molecule has 0 N–H and O–H groups in total. The van der Waals surface area contributed by atoms with Gasteiger partial charge < -0.3 is 4.74 Å². The molecule has 1 saturated heterocycles. The van der Waals surface area contributed by atoms with Gasteiger partial charge in [0.05, 0.1) is 5.69 Å². The van der Waals surface area contributed by atoms with Crippen LogP contribution in [0.5, 0.6) is 0 Å². The Morgan fingerprint density at radius 1 is 1.46 bits per heavy atom. The summed E-state index contributed by atoms with van der Waals surface area (Å²) in [6.07, 6.45) is 3.41. The number of alkyl halides is 2. The number of cyclic esters (lactones) is 1. The number of aromatic nitrogens is 1. The fourth-order valence-corrected chi connectivity index (χ4v) is 4.24. The number of esters is 1. The first-order valence-electron chi connectivity index (χ1n) is 8.16. The van der Waals surface area contributed by atoms with Crippen LogP contribution in [0.2, 0.25) is 0 Å². The second-order valence-corrected chi connectivity index (χ2v) is 7.73. The van der Waals surface area contributed by atoms with Gasteiger partial charge in [-0.15, -0.1) is 0 Å². The predicted octanol–water partition coefficient (Wildman–Crippen LogP) is 4.76. The summed E-state index contributed by atoms with van der Waals surface area (Å²) in [6, 6.07) is 3.54. The van der Waals surface area contributed by atoms with Gasteiger partial charge in [0, 0.05) is 33.8 Å². The van der Waals surface area contributed by atoms with Gasteiger partial charge in [0.1, 0.15) is 6.10 Å². The summed E-state index contributed by atoms with van der Waals surface area (Å²) in [5.41, 5.74) is 7.61. The van der Waals surface area contributed by atoms with E-state index < -0.39 is 47.7 Å². The number of rotatable bonds is 3. The van der Waals surface area contributed by atoms with Gasteiger partial charge in [-0.05, 0) is 52.5 Å². The molecule has 0 amide bonds. The van der Waals surface area contributed by atoms with E-state index in [2.05, 4.69) is 30.9 Å². The molecule has 26 heavy (non-hydrogen) atoms. The van der Waals surface area contributed by atoms with Crippen LogP contribution in [0.15, 0.2) is 34.0 Å². The molecule has 5 atom stereocenters. The van der Waals surface area contributed by atoms with Gasteiger partial charge in [-0.25, -0.2) is 8.78 Å². The van der Waals surface area contributed by atoms with Gasteiger partial charge in [0.25, 0.3) is 5.92 Å². The Balaban J connectivity index is 2.04. The zero-order chi connectivity index (χ0) is 19.1. The molecule has 3 rings (SSSR count). The maximum Gasteiger partial charge on any atom is 0.319 e. The highest BCUT2D eigenvalue weighted by molar-refractivity contribution is 9.10. The van der Waals surface area contributed by atoms with E-state index in [0.29, 0.717) is 5.69 Å². The fourth-order valence-electron chi connectivity index (χ4n) is 4.01. The summed E-state index contributed by atoms with van der Waals surface area (Å²) >= 11 is 3.29. The number of fused-ring (bicyclic) bond motifs is 1. The number of ether oxygens (including phenoxy) is 1.